The fraction of sp³-hybridized carbons (Fsp3) is 0.545. The summed E-state index contributed by atoms with van der Waals surface area (Å²) in [6, 6.07) is 11.8. The summed E-state index contributed by atoms with van der Waals surface area (Å²) in [5, 5.41) is 11.5. The fourth-order valence-electron chi connectivity index (χ4n) is 4.63. The highest BCUT2D eigenvalue weighted by Gasteiger charge is 2.33. The summed E-state index contributed by atoms with van der Waals surface area (Å²) in [6.45, 7) is 2.93. The fourth-order valence-corrected chi connectivity index (χ4v) is 4.63. The molecule has 1 aliphatic heterocycles. The van der Waals surface area contributed by atoms with Gasteiger partial charge in [0.25, 0.3) is 0 Å². The van der Waals surface area contributed by atoms with E-state index in [0.29, 0.717) is 18.4 Å². The third-order valence-corrected chi connectivity index (χ3v) is 6.19. The molecule has 2 atom stereocenters. The van der Waals surface area contributed by atoms with Crippen LogP contribution >= 0.6 is 0 Å². The van der Waals surface area contributed by atoms with E-state index in [4.69, 9.17) is 0 Å². The number of hydrogen-bond acceptors (Lipinski definition) is 3. The molecule has 1 aliphatic carbocycles. The molecule has 5 nitrogen and oxygen atoms in total. The predicted octanol–water partition coefficient (Wildman–Crippen LogP) is 3.54. The molecule has 2 aliphatic rings. The Morgan fingerprint density at radius 1 is 1.11 bits per heavy atom. The van der Waals surface area contributed by atoms with Crippen molar-refractivity contribution in [2.75, 3.05) is 0 Å². The first-order chi connectivity index (χ1) is 13.2. The molecule has 0 bridgehead atoms. The molecule has 2 N–H and O–H groups in total. The van der Waals surface area contributed by atoms with E-state index in [1.54, 1.807) is 0 Å². The van der Waals surface area contributed by atoms with Crippen LogP contribution in [0.4, 0.5) is 0 Å². The first-order valence-corrected chi connectivity index (χ1v) is 10.4. The van der Waals surface area contributed by atoms with E-state index in [9.17, 15) is 4.79 Å². The maximum atomic E-state index is 12.0. The second kappa shape index (κ2) is 8.26. The quantitative estimate of drug-likeness (QED) is 0.851. The van der Waals surface area contributed by atoms with Gasteiger partial charge >= 0.3 is 0 Å². The van der Waals surface area contributed by atoms with Gasteiger partial charge in [0.15, 0.2) is 0 Å². The maximum Gasteiger partial charge on any atom is 0.220 e. The number of nitrogens with zero attached hydrogens (tertiary/aromatic N) is 2. The minimum Gasteiger partial charge on any atom is -0.348 e. The molecular formula is C22H30N4O. The summed E-state index contributed by atoms with van der Waals surface area (Å²) >= 11 is 0. The Hall–Kier alpha value is -2.14. The van der Waals surface area contributed by atoms with Crippen LogP contribution in [0.3, 0.4) is 0 Å². The number of rotatable bonds is 5. The summed E-state index contributed by atoms with van der Waals surface area (Å²) in [6.07, 6.45) is 10.3. The van der Waals surface area contributed by atoms with Crippen LogP contribution < -0.4 is 10.6 Å². The van der Waals surface area contributed by atoms with Gasteiger partial charge in [-0.15, -0.1) is 0 Å². The molecule has 1 amide bonds. The lowest BCUT2D eigenvalue weighted by Gasteiger charge is -2.37. The van der Waals surface area contributed by atoms with E-state index in [1.165, 1.54) is 31.2 Å². The van der Waals surface area contributed by atoms with E-state index >= 15 is 0 Å². The molecule has 4 rings (SSSR count). The number of nitrogens with one attached hydrogen (secondary N) is 2. The van der Waals surface area contributed by atoms with Crippen LogP contribution in [0.2, 0.25) is 0 Å². The molecule has 1 saturated heterocycles. The zero-order chi connectivity index (χ0) is 18.6. The first-order valence-electron chi connectivity index (χ1n) is 10.4. The lowest BCUT2D eigenvalue weighted by atomic mass is 9.81. The van der Waals surface area contributed by atoms with Gasteiger partial charge < -0.3 is 10.6 Å². The SMILES string of the molecule is CCn1cc([C@@H]2NC(=O)CC[C@H]2NC2CCC(c3ccccc3)CC2)cn1. The molecule has 1 aromatic carbocycles. The topological polar surface area (TPSA) is 59.0 Å². The molecule has 27 heavy (non-hydrogen) atoms. The molecule has 1 aromatic heterocycles. The third-order valence-electron chi connectivity index (χ3n) is 6.19. The van der Waals surface area contributed by atoms with E-state index in [2.05, 4.69) is 59.2 Å². The minimum absolute atomic E-state index is 0.0263. The molecule has 2 aromatic rings. The average Bonchev–Trinajstić information content (AvgIpc) is 3.20. The second-order valence-electron chi connectivity index (χ2n) is 7.95. The third kappa shape index (κ3) is 4.24. The predicted molar refractivity (Wildman–Crippen MR) is 106 cm³/mol. The standard InChI is InChI=1S/C22H30N4O/c1-2-26-15-18(14-23-26)22-20(12-13-21(27)25-22)24-19-10-8-17(9-11-19)16-6-4-3-5-7-16/h3-7,14-15,17,19-20,22,24H,2,8-13H2,1H3,(H,25,27)/t17?,19?,20-,22+/m1/s1. The van der Waals surface area contributed by atoms with E-state index in [-0.39, 0.29) is 18.0 Å². The number of amides is 1. The summed E-state index contributed by atoms with van der Waals surface area (Å²) in [7, 11) is 0. The Kier molecular flexibility index (Phi) is 5.58. The highest BCUT2D eigenvalue weighted by atomic mass is 16.1. The van der Waals surface area contributed by atoms with Crippen LogP contribution in [-0.2, 0) is 11.3 Å². The van der Waals surface area contributed by atoms with Gasteiger partial charge in [-0.25, -0.2) is 0 Å². The van der Waals surface area contributed by atoms with Crippen molar-refractivity contribution in [3.05, 3.63) is 53.9 Å². The molecule has 144 valence electrons. The Labute approximate surface area is 161 Å². The Bertz CT molecular complexity index is 749. The average molecular weight is 367 g/mol. The summed E-state index contributed by atoms with van der Waals surface area (Å²) < 4.78 is 1.93. The maximum absolute atomic E-state index is 12.0. The van der Waals surface area contributed by atoms with Crippen LogP contribution in [0, 0.1) is 0 Å². The van der Waals surface area contributed by atoms with Crippen molar-refractivity contribution >= 4 is 5.91 Å². The smallest absolute Gasteiger partial charge is 0.220 e. The molecule has 5 heteroatoms. The Balaban J connectivity index is 1.38. The van der Waals surface area contributed by atoms with Crippen molar-refractivity contribution in [3.8, 4) is 0 Å². The number of hydrogen-bond donors (Lipinski definition) is 2. The van der Waals surface area contributed by atoms with Crippen molar-refractivity contribution in [2.45, 2.75) is 76.0 Å². The summed E-state index contributed by atoms with van der Waals surface area (Å²) in [4.78, 5) is 12.0. The van der Waals surface area contributed by atoms with Gasteiger partial charge in [-0.2, -0.15) is 5.10 Å². The number of piperidine rings is 1. The van der Waals surface area contributed by atoms with Crippen LogP contribution in [0.5, 0.6) is 0 Å². The van der Waals surface area contributed by atoms with Crippen LogP contribution in [0.15, 0.2) is 42.7 Å². The van der Waals surface area contributed by atoms with Crippen molar-refractivity contribution in [2.24, 2.45) is 0 Å². The highest BCUT2D eigenvalue weighted by Crippen LogP contribution is 2.34. The van der Waals surface area contributed by atoms with Gasteiger partial charge in [-0.05, 0) is 50.5 Å². The van der Waals surface area contributed by atoms with Crippen LogP contribution in [-0.4, -0.2) is 27.8 Å². The van der Waals surface area contributed by atoms with Gasteiger partial charge in [-0.1, -0.05) is 30.3 Å². The van der Waals surface area contributed by atoms with E-state index in [1.807, 2.05) is 10.9 Å². The van der Waals surface area contributed by atoms with E-state index < -0.39 is 0 Å². The Morgan fingerprint density at radius 2 is 1.89 bits per heavy atom. The normalized spacial score (nSPS) is 28.7. The minimum atomic E-state index is 0.0263. The number of benzene rings is 1. The number of aromatic nitrogens is 2. The molecule has 2 heterocycles. The van der Waals surface area contributed by atoms with Crippen LogP contribution in [0.25, 0.3) is 0 Å². The number of carbonyl (C=O) groups is 1. The molecule has 0 radical (unpaired) electrons. The monoisotopic (exact) mass is 366 g/mol. The van der Waals surface area contributed by atoms with Crippen molar-refractivity contribution in [3.63, 3.8) is 0 Å². The van der Waals surface area contributed by atoms with Crippen molar-refractivity contribution in [1.82, 2.24) is 20.4 Å². The van der Waals surface area contributed by atoms with Gasteiger partial charge in [0.2, 0.25) is 5.91 Å². The van der Waals surface area contributed by atoms with Crippen molar-refractivity contribution in [1.29, 1.82) is 0 Å². The summed E-state index contributed by atoms with van der Waals surface area (Å²) in [5.74, 6) is 0.837. The number of aryl methyl sites for hydroxylation is 1. The lowest BCUT2D eigenvalue weighted by molar-refractivity contribution is -0.124. The number of carbonyl (C=O) groups excluding carboxylic acids is 1. The lowest BCUT2D eigenvalue weighted by Crippen LogP contribution is -2.51. The van der Waals surface area contributed by atoms with Gasteiger partial charge in [0.1, 0.15) is 0 Å². The molecule has 0 spiro atoms. The highest BCUT2D eigenvalue weighted by molar-refractivity contribution is 5.77. The van der Waals surface area contributed by atoms with Crippen LogP contribution in [0.1, 0.15) is 68.5 Å². The summed E-state index contributed by atoms with van der Waals surface area (Å²) in [5.41, 5.74) is 2.59. The second-order valence-corrected chi connectivity index (χ2v) is 7.95. The largest absolute Gasteiger partial charge is 0.348 e. The van der Waals surface area contributed by atoms with Gasteiger partial charge in [-0.3, -0.25) is 9.48 Å². The Morgan fingerprint density at radius 3 is 2.59 bits per heavy atom. The van der Waals surface area contributed by atoms with Gasteiger partial charge in [0, 0.05) is 36.8 Å². The van der Waals surface area contributed by atoms with Crippen molar-refractivity contribution < 1.29 is 4.79 Å². The van der Waals surface area contributed by atoms with E-state index in [0.717, 1.165) is 18.5 Å². The molecule has 1 saturated carbocycles. The molecular weight excluding hydrogens is 336 g/mol. The van der Waals surface area contributed by atoms with Gasteiger partial charge in [0.05, 0.1) is 12.2 Å². The zero-order valence-electron chi connectivity index (χ0n) is 16.1. The first kappa shape index (κ1) is 18.2. The molecule has 2 fully saturated rings. The zero-order valence-corrected chi connectivity index (χ0v) is 16.1. The molecule has 0 unspecified atom stereocenters.